The van der Waals surface area contributed by atoms with Gasteiger partial charge in [-0.1, -0.05) is 0 Å². The van der Waals surface area contributed by atoms with Crippen LogP contribution in [0.3, 0.4) is 0 Å². The van der Waals surface area contributed by atoms with E-state index in [4.69, 9.17) is 0 Å². The van der Waals surface area contributed by atoms with Crippen LogP contribution in [0.25, 0.3) is 16.7 Å². The maximum Gasteiger partial charge on any atom is -1.00 e. The van der Waals surface area contributed by atoms with Gasteiger partial charge in [-0.2, -0.15) is 0 Å². The maximum atomic E-state index is 2.57. The van der Waals surface area contributed by atoms with E-state index in [9.17, 15) is 0 Å². The Bertz CT molecular complexity index is 1200. The standard InChI is InChI=1S/C30H37Si.2ClH.Hf/c1-9-31(10-2)27-25-22-16-15-21(29(3,4)5)17-20(22)18-23(25)24(19-13-11-12-14-19)26(28(27)31)30(6,7)8;;;/h11-13,15-18H,9-10,14H2,1-8H3;2*1H;/q;;;+2/p-2. The first-order valence-electron chi connectivity index (χ1n) is 12.4. The van der Waals surface area contributed by atoms with Gasteiger partial charge in [-0.3, -0.25) is 0 Å². The van der Waals surface area contributed by atoms with E-state index in [1.54, 1.807) is 39.0 Å². The van der Waals surface area contributed by atoms with Crippen LogP contribution in [0.4, 0.5) is 0 Å². The van der Waals surface area contributed by atoms with Crippen molar-refractivity contribution in [3.8, 4) is 11.1 Å². The summed E-state index contributed by atoms with van der Waals surface area (Å²) in [4.78, 5) is 0. The van der Waals surface area contributed by atoms with Gasteiger partial charge in [0.05, 0.1) is 0 Å². The van der Waals surface area contributed by atoms with Crippen molar-refractivity contribution in [2.45, 2.75) is 88.4 Å². The summed E-state index contributed by atoms with van der Waals surface area (Å²) in [6.45, 7) is 19.4. The molecule has 0 fully saturated rings. The Morgan fingerprint density at radius 1 is 0.912 bits per heavy atom. The molecule has 2 aromatic rings. The molecule has 0 saturated carbocycles. The molecule has 0 bridgehead atoms. The Morgan fingerprint density at radius 3 is 2.06 bits per heavy atom. The minimum absolute atomic E-state index is 0. The summed E-state index contributed by atoms with van der Waals surface area (Å²) in [5, 5.41) is 3.69. The summed E-state index contributed by atoms with van der Waals surface area (Å²) >= 11 is 1.17. The number of allylic oxidation sites excluding steroid dienone is 4. The molecule has 4 heteroatoms. The smallest absolute Gasteiger partial charge is 1.00 e. The summed E-state index contributed by atoms with van der Waals surface area (Å²) in [6, 6.07) is 10.2. The van der Waals surface area contributed by atoms with Crippen LogP contribution < -0.4 is 35.2 Å². The van der Waals surface area contributed by atoms with Gasteiger partial charge in [-0.05, 0) is 0 Å². The summed E-state index contributed by atoms with van der Waals surface area (Å²) in [5.41, 5.74) is 13.4. The van der Waals surface area contributed by atoms with E-state index in [0.717, 1.165) is 6.42 Å². The fraction of sp³-hybridized carbons (Fsp3) is 0.467. The molecule has 1 heterocycles. The first-order chi connectivity index (χ1) is 15.0. The third-order valence-electron chi connectivity index (χ3n) is 8.27. The average Bonchev–Trinajstić information content (AvgIpc) is 3.03. The fourth-order valence-electron chi connectivity index (χ4n) is 6.50. The quantitative estimate of drug-likeness (QED) is 0.430. The topological polar surface area (TPSA) is 0 Å². The molecule has 2 aliphatic carbocycles. The van der Waals surface area contributed by atoms with E-state index < -0.39 is 8.07 Å². The summed E-state index contributed by atoms with van der Waals surface area (Å²) in [7, 11) is -1.51. The number of hydrogen-bond donors (Lipinski definition) is 0. The molecule has 0 amide bonds. The average molecular weight is 675 g/mol. The molecule has 0 nitrogen and oxygen atoms in total. The molecular weight excluding hydrogens is 638 g/mol. The van der Waals surface area contributed by atoms with E-state index in [0.29, 0.717) is 3.67 Å². The van der Waals surface area contributed by atoms with Crippen LogP contribution in [0.1, 0.15) is 93.3 Å². The second kappa shape index (κ2) is 9.16. The SMILES string of the molecule is CC[Si]1(CC)c2c3c(c(C4=CC=CC4)c(C(C)(C)C)c21)[CH]([Hf+2])c1cc(C(C)(C)C)ccc1-3.[Cl-].[Cl-]. The Hall–Kier alpha value is -0.413. The third-order valence-corrected chi connectivity index (χ3v) is 15.5. The number of benzene rings is 2. The van der Waals surface area contributed by atoms with Gasteiger partial charge in [0.15, 0.2) is 0 Å². The molecule has 3 aliphatic rings. The molecule has 1 atom stereocenters. The van der Waals surface area contributed by atoms with E-state index in [1.165, 1.54) is 42.0 Å². The number of rotatable bonds is 3. The van der Waals surface area contributed by atoms with Gasteiger partial charge in [0.25, 0.3) is 0 Å². The normalized spacial score (nSPS) is 19.0. The van der Waals surface area contributed by atoms with Gasteiger partial charge >= 0.3 is 212 Å². The minimum atomic E-state index is -1.51. The van der Waals surface area contributed by atoms with E-state index >= 15 is 0 Å². The fourth-order valence-corrected chi connectivity index (χ4v) is 13.5. The predicted molar refractivity (Wildman–Crippen MR) is 139 cm³/mol. The molecule has 1 unspecified atom stereocenters. The molecule has 179 valence electrons. The molecule has 0 saturated heterocycles. The molecule has 0 N–H and O–H groups in total. The van der Waals surface area contributed by atoms with Crippen molar-refractivity contribution < 1.29 is 49.2 Å². The van der Waals surface area contributed by atoms with E-state index in [2.05, 4.69) is 91.8 Å². The van der Waals surface area contributed by atoms with Gasteiger partial charge in [0.2, 0.25) is 0 Å². The zero-order valence-corrected chi connectivity index (χ0v) is 28.0. The molecule has 1 aliphatic heterocycles. The van der Waals surface area contributed by atoms with E-state index in [-0.39, 0.29) is 35.6 Å². The van der Waals surface area contributed by atoms with Crippen molar-refractivity contribution in [3.05, 3.63) is 64.2 Å². The molecular formula is C30H37Cl2HfSi. The Balaban J connectivity index is 0.00000162. The third kappa shape index (κ3) is 3.85. The molecule has 2 aromatic carbocycles. The van der Waals surface area contributed by atoms with Crippen molar-refractivity contribution in [2.75, 3.05) is 0 Å². The number of halogens is 2. The van der Waals surface area contributed by atoms with Crippen LogP contribution in [0.5, 0.6) is 0 Å². The first-order valence-corrected chi connectivity index (χ1v) is 16.9. The predicted octanol–water partition coefficient (Wildman–Crippen LogP) is 1.17. The summed E-state index contributed by atoms with van der Waals surface area (Å²) in [5.74, 6) is 0. The van der Waals surface area contributed by atoms with Gasteiger partial charge in [0.1, 0.15) is 0 Å². The monoisotopic (exact) mass is 675 g/mol. The van der Waals surface area contributed by atoms with Crippen LogP contribution in [0.15, 0.2) is 36.4 Å². The van der Waals surface area contributed by atoms with Crippen LogP contribution in [0.2, 0.25) is 12.1 Å². The van der Waals surface area contributed by atoms with Gasteiger partial charge in [-0.25, -0.2) is 0 Å². The van der Waals surface area contributed by atoms with Gasteiger partial charge in [0, 0.05) is 0 Å². The van der Waals surface area contributed by atoms with Crippen molar-refractivity contribution in [1.82, 2.24) is 0 Å². The molecule has 34 heavy (non-hydrogen) atoms. The molecule has 0 spiro atoms. The summed E-state index contributed by atoms with van der Waals surface area (Å²) in [6.07, 6.45) is 8.15. The number of fused-ring (bicyclic) bond motifs is 5. The zero-order valence-electron chi connectivity index (χ0n) is 21.9. The second-order valence-corrected chi connectivity index (χ2v) is 18.8. The van der Waals surface area contributed by atoms with Crippen LogP contribution in [-0.2, 0) is 35.2 Å². The zero-order chi connectivity index (χ0) is 23.2. The summed E-state index contributed by atoms with van der Waals surface area (Å²) < 4.78 is 0.603. The molecule has 0 aromatic heterocycles. The Kier molecular flexibility index (Phi) is 7.59. The Labute approximate surface area is 235 Å². The molecule has 0 radical (unpaired) electrons. The van der Waals surface area contributed by atoms with E-state index in [1.807, 2.05) is 10.4 Å². The van der Waals surface area contributed by atoms with Crippen LogP contribution >= 0.6 is 0 Å². The van der Waals surface area contributed by atoms with Crippen molar-refractivity contribution in [3.63, 3.8) is 0 Å². The van der Waals surface area contributed by atoms with Gasteiger partial charge < -0.3 is 24.8 Å². The molecule has 5 rings (SSSR count). The second-order valence-electron chi connectivity index (χ2n) is 12.1. The van der Waals surface area contributed by atoms with Crippen molar-refractivity contribution >= 4 is 24.0 Å². The number of hydrogen-bond acceptors (Lipinski definition) is 0. The van der Waals surface area contributed by atoms with Crippen LogP contribution in [-0.4, -0.2) is 8.07 Å². The van der Waals surface area contributed by atoms with Crippen molar-refractivity contribution in [2.24, 2.45) is 0 Å². The minimum Gasteiger partial charge on any atom is -1.00 e. The Morgan fingerprint density at radius 2 is 1.56 bits per heavy atom. The van der Waals surface area contributed by atoms with Crippen molar-refractivity contribution in [1.29, 1.82) is 0 Å². The first kappa shape index (κ1) is 28.2. The largest absolute Gasteiger partial charge is 1.00 e. The maximum absolute atomic E-state index is 2.57. The van der Waals surface area contributed by atoms with Crippen LogP contribution in [0, 0.1) is 0 Å². The van der Waals surface area contributed by atoms with Gasteiger partial charge in [-0.15, -0.1) is 0 Å².